The zero-order valence-corrected chi connectivity index (χ0v) is 11.7. The third-order valence-corrected chi connectivity index (χ3v) is 3.37. The average Bonchev–Trinajstić information content (AvgIpc) is 2.62. The maximum absolute atomic E-state index is 12.1. The van der Waals surface area contributed by atoms with Gasteiger partial charge in [0, 0.05) is 18.0 Å². The molecule has 1 aliphatic heterocycles. The van der Waals surface area contributed by atoms with E-state index in [1.165, 1.54) is 0 Å². The van der Waals surface area contributed by atoms with Crippen molar-refractivity contribution in [1.82, 2.24) is 5.32 Å². The minimum atomic E-state index is -0.0724. The van der Waals surface area contributed by atoms with Crippen molar-refractivity contribution in [1.29, 1.82) is 0 Å². The second-order valence-corrected chi connectivity index (χ2v) is 5.22. The van der Waals surface area contributed by atoms with Crippen LogP contribution in [0.15, 0.2) is 18.2 Å². The summed E-state index contributed by atoms with van der Waals surface area (Å²) in [5, 5.41) is 2.98. The number of nitrogens with one attached hydrogen (secondary N) is 1. The molecule has 1 aliphatic rings. The summed E-state index contributed by atoms with van der Waals surface area (Å²) < 4.78 is 11.1. The molecule has 0 spiro atoms. The number of ether oxygens (including phenoxy) is 2. The van der Waals surface area contributed by atoms with Gasteiger partial charge < -0.3 is 14.8 Å². The lowest BCUT2D eigenvalue weighted by atomic mass is 10.1. The first kappa shape index (κ1) is 13.7. The molecule has 0 aromatic heterocycles. The van der Waals surface area contributed by atoms with E-state index in [0.29, 0.717) is 36.2 Å². The highest BCUT2D eigenvalue weighted by Gasteiger charge is 2.16. The molecule has 1 N–H and O–H groups in total. The van der Waals surface area contributed by atoms with E-state index in [-0.39, 0.29) is 11.9 Å². The maximum Gasteiger partial charge on any atom is 0.251 e. The van der Waals surface area contributed by atoms with Crippen molar-refractivity contribution in [3.05, 3.63) is 23.8 Å². The van der Waals surface area contributed by atoms with E-state index in [1.807, 2.05) is 6.92 Å². The lowest BCUT2D eigenvalue weighted by molar-refractivity contribution is 0.0930. The summed E-state index contributed by atoms with van der Waals surface area (Å²) >= 11 is 0. The number of carbonyl (C=O) groups is 1. The SMILES string of the molecule is CC(C)[C@@H](C)NC(=O)c1ccc2c(c1)OCCCO2. The van der Waals surface area contributed by atoms with Crippen LogP contribution in [0.3, 0.4) is 0 Å². The molecule has 19 heavy (non-hydrogen) atoms. The Morgan fingerprint density at radius 1 is 1.16 bits per heavy atom. The smallest absolute Gasteiger partial charge is 0.251 e. The topological polar surface area (TPSA) is 47.6 Å². The van der Waals surface area contributed by atoms with Gasteiger partial charge in [-0.2, -0.15) is 0 Å². The third kappa shape index (κ3) is 3.40. The molecule has 0 bridgehead atoms. The van der Waals surface area contributed by atoms with E-state index in [2.05, 4.69) is 19.2 Å². The van der Waals surface area contributed by atoms with Crippen LogP contribution in [0.1, 0.15) is 37.6 Å². The minimum Gasteiger partial charge on any atom is -0.490 e. The molecule has 104 valence electrons. The molecule has 1 aromatic rings. The van der Waals surface area contributed by atoms with Crippen LogP contribution in [0.5, 0.6) is 11.5 Å². The second-order valence-electron chi connectivity index (χ2n) is 5.22. The quantitative estimate of drug-likeness (QED) is 0.912. The van der Waals surface area contributed by atoms with Gasteiger partial charge in [0.15, 0.2) is 11.5 Å². The molecule has 0 aliphatic carbocycles. The van der Waals surface area contributed by atoms with Crippen LogP contribution in [0.25, 0.3) is 0 Å². The molecule has 1 aromatic carbocycles. The predicted octanol–water partition coefficient (Wildman–Crippen LogP) is 2.62. The third-order valence-electron chi connectivity index (χ3n) is 3.37. The van der Waals surface area contributed by atoms with Crippen molar-refractivity contribution in [2.45, 2.75) is 33.2 Å². The number of hydrogen-bond acceptors (Lipinski definition) is 3. The number of fused-ring (bicyclic) bond motifs is 1. The highest BCUT2D eigenvalue weighted by Crippen LogP contribution is 2.30. The molecule has 4 heteroatoms. The number of carbonyl (C=O) groups excluding carboxylic acids is 1. The van der Waals surface area contributed by atoms with E-state index < -0.39 is 0 Å². The number of hydrogen-bond donors (Lipinski definition) is 1. The van der Waals surface area contributed by atoms with Gasteiger partial charge in [-0.3, -0.25) is 4.79 Å². The first-order valence-electron chi connectivity index (χ1n) is 6.78. The molecule has 0 saturated heterocycles. The summed E-state index contributed by atoms with van der Waals surface area (Å²) in [4.78, 5) is 12.1. The molecule has 1 heterocycles. The molecule has 4 nitrogen and oxygen atoms in total. The van der Waals surface area contributed by atoms with Gasteiger partial charge >= 0.3 is 0 Å². The monoisotopic (exact) mass is 263 g/mol. The number of benzene rings is 1. The average molecular weight is 263 g/mol. The Labute approximate surface area is 114 Å². The predicted molar refractivity (Wildman–Crippen MR) is 73.8 cm³/mol. The van der Waals surface area contributed by atoms with E-state index >= 15 is 0 Å². The van der Waals surface area contributed by atoms with E-state index in [1.54, 1.807) is 18.2 Å². The van der Waals surface area contributed by atoms with Gasteiger partial charge in [0.25, 0.3) is 5.91 Å². The molecule has 0 radical (unpaired) electrons. The van der Waals surface area contributed by atoms with Crippen LogP contribution in [0.2, 0.25) is 0 Å². The van der Waals surface area contributed by atoms with Gasteiger partial charge in [0.1, 0.15) is 0 Å². The Morgan fingerprint density at radius 3 is 2.53 bits per heavy atom. The molecule has 0 unspecified atom stereocenters. The molecule has 2 rings (SSSR count). The Hall–Kier alpha value is -1.71. The van der Waals surface area contributed by atoms with Gasteiger partial charge in [0.05, 0.1) is 13.2 Å². The molecule has 1 amide bonds. The van der Waals surface area contributed by atoms with Gasteiger partial charge in [-0.05, 0) is 31.0 Å². The van der Waals surface area contributed by atoms with Crippen molar-refractivity contribution in [3.8, 4) is 11.5 Å². The Morgan fingerprint density at radius 2 is 1.84 bits per heavy atom. The normalized spacial score (nSPS) is 15.8. The lowest BCUT2D eigenvalue weighted by Gasteiger charge is -2.17. The van der Waals surface area contributed by atoms with Crippen molar-refractivity contribution < 1.29 is 14.3 Å². The van der Waals surface area contributed by atoms with Crippen LogP contribution in [0, 0.1) is 5.92 Å². The van der Waals surface area contributed by atoms with Gasteiger partial charge in [-0.15, -0.1) is 0 Å². The van der Waals surface area contributed by atoms with Crippen LogP contribution in [-0.4, -0.2) is 25.2 Å². The van der Waals surface area contributed by atoms with Crippen molar-refractivity contribution in [2.75, 3.05) is 13.2 Å². The molecule has 1 atom stereocenters. The number of amides is 1. The van der Waals surface area contributed by atoms with E-state index in [9.17, 15) is 4.79 Å². The fourth-order valence-corrected chi connectivity index (χ4v) is 1.76. The molecular weight excluding hydrogens is 242 g/mol. The molecule has 0 saturated carbocycles. The molecular formula is C15H21NO3. The fraction of sp³-hybridized carbons (Fsp3) is 0.533. The van der Waals surface area contributed by atoms with Gasteiger partial charge in [0.2, 0.25) is 0 Å². The zero-order chi connectivity index (χ0) is 13.8. The first-order chi connectivity index (χ1) is 9.08. The van der Waals surface area contributed by atoms with Crippen molar-refractivity contribution in [3.63, 3.8) is 0 Å². The summed E-state index contributed by atoms with van der Waals surface area (Å²) in [6.45, 7) is 7.45. The van der Waals surface area contributed by atoms with Crippen molar-refractivity contribution in [2.24, 2.45) is 5.92 Å². The Bertz CT molecular complexity index is 457. The van der Waals surface area contributed by atoms with E-state index in [0.717, 1.165) is 6.42 Å². The standard InChI is InChI=1S/C15H21NO3/c1-10(2)11(3)16-15(17)12-5-6-13-14(9-12)19-8-4-7-18-13/h5-6,9-11H,4,7-8H2,1-3H3,(H,16,17)/t11-/m1/s1. The van der Waals surface area contributed by atoms with Crippen LogP contribution >= 0.6 is 0 Å². The lowest BCUT2D eigenvalue weighted by Crippen LogP contribution is -2.36. The highest BCUT2D eigenvalue weighted by molar-refractivity contribution is 5.95. The van der Waals surface area contributed by atoms with Crippen LogP contribution < -0.4 is 14.8 Å². The maximum atomic E-state index is 12.1. The largest absolute Gasteiger partial charge is 0.490 e. The summed E-state index contributed by atoms with van der Waals surface area (Å²) in [6, 6.07) is 5.47. The summed E-state index contributed by atoms with van der Waals surface area (Å²) in [7, 11) is 0. The molecule has 0 fully saturated rings. The van der Waals surface area contributed by atoms with Gasteiger partial charge in [-0.25, -0.2) is 0 Å². The Balaban J connectivity index is 2.12. The van der Waals surface area contributed by atoms with Crippen LogP contribution in [0.4, 0.5) is 0 Å². The summed E-state index contributed by atoms with van der Waals surface area (Å²) in [5.41, 5.74) is 0.608. The highest BCUT2D eigenvalue weighted by atomic mass is 16.5. The summed E-state index contributed by atoms with van der Waals surface area (Å²) in [5.74, 6) is 1.70. The Kier molecular flexibility index (Phi) is 4.30. The first-order valence-corrected chi connectivity index (χ1v) is 6.78. The fourth-order valence-electron chi connectivity index (χ4n) is 1.76. The van der Waals surface area contributed by atoms with E-state index in [4.69, 9.17) is 9.47 Å². The van der Waals surface area contributed by atoms with Gasteiger partial charge in [-0.1, -0.05) is 13.8 Å². The van der Waals surface area contributed by atoms with Crippen LogP contribution in [-0.2, 0) is 0 Å². The minimum absolute atomic E-state index is 0.0724. The number of rotatable bonds is 3. The summed E-state index contributed by atoms with van der Waals surface area (Å²) in [6.07, 6.45) is 0.862. The zero-order valence-electron chi connectivity index (χ0n) is 11.7. The second kappa shape index (κ2) is 5.95. The van der Waals surface area contributed by atoms with Crippen molar-refractivity contribution >= 4 is 5.91 Å².